The molecule has 0 atom stereocenters. The van der Waals surface area contributed by atoms with Crippen LogP contribution in [0.3, 0.4) is 0 Å². The standard InChI is InChI=1S/C20H30N4O2S.HI/c1-2-21-20(23-18-8-4-5-9-18)22-16-17-10-12-19(13-11-17)27(25,26)24-14-6-3-7-15-24;/h4-5,10-13,18H,2-3,6-9,14-16H2,1H3,(H2,21,22,23);1H. The first-order chi connectivity index (χ1) is 13.1. The fourth-order valence-corrected chi connectivity index (χ4v) is 4.96. The predicted octanol–water partition coefficient (Wildman–Crippen LogP) is 3.25. The number of guanidine groups is 1. The van der Waals surface area contributed by atoms with Crippen LogP contribution in [0.5, 0.6) is 0 Å². The molecule has 0 saturated carbocycles. The van der Waals surface area contributed by atoms with Gasteiger partial charge in [-0.25, -0.2) is 13.4 Å². The number of sulfonamides is 1. The van der Waals surface area contributed by atoms with Crippen LogP contribution in [0.1, 0.15) is 44.6 Å². The zero-order valence-electron chi connectivity index (χ0n) is 16.4. The molecule has 0 bridgehead atoms. The van der Waals surface area contributed by atoms with Crippen LogP contribution in [-0.2, 0) is 16.6 Å². The highest BCUT2D eigenvalue weighted by molar-refractivity contribution is 14.0. The van der Waals surface area contributed by atoms with E-state index in [1.165, 1.54) is 0 Å². The van der Waals surface area contributed by atoms with Crippen LogP contribution < -0.4 is 10.6 Å². The van der Waals surface area contributed by atoms with Gasteiger partial charge in [0.15, 0.2) is 5.96 Å². The van der Waals surface area contributed by atoms with Gasteiger partial charge < -0.3 is 10.6 Å². The molecule has 1 aromatic rings. The molecule has 8 heteroatoms. The lowest BCUT2D eigenvalue weighted by Gasteiger charge is -2.25. The summed E-state index contributed by atoms with van der Waals surface area (Å²) in [4.78, 5) is 5.01. The topological polar surface area (TPSA) is 73.8 Å². The van der Waals surface area contributed by atoms with E-state index >= 15 is 0 Å². The molecule has 156 valence electrons. The van der Waals surface area contributed by atoms with Gasteiger partial charge in [0.05, 0.1) is 11.4 Å². The first-order valence-corrected chi connectivity index (χ1v) is 11.3. The molecule has 0 amide bonds. The van der Waals surface area contributed by atoms with Crippen LogP contribution in [-0.4, -0.2) is 44.4 Å². The summed E-state index contributed by atoms with van der Waals surface area (Å²) in [5.41, 5.74) is 0.995. The number of benzene rings is 1. The van der Waals surface area contributed by atoms with E-state index in [1.54, 1.807) is 16.4 Å². The summed E-state index contributed by atoms with van der Waals surface area (Å²) in [7, 11) is -3.37. The third-order valence-electron chi connectivity index (χ3n) is 4.99. The molecule has 0 aromatic heterocycles. The van der Waals surface area contributed by atoms with Gasteiger partial charge in [-0.1, -0.05) is 30.7 Å². The maximum Gasteiger partial charge on any atom is 0.243 e. The number of rotatable bonds is 6. The van der Waals surface area contributed by atoms with E-state index < -0.39 is 10.0 Å². The highest BCUT2D eigenvalue weighted by Crippen LogP contribution is 2.21. The van der Waals surface area contributed by atoms with E-state index in [0.29, 0.717) is 30.6 Å². The first-order valence-electron chi connectivity index (χ1n) is 9.88. The second-order valence-corrected chi connectivity index (χ2v) is 9.03. The van der Waals surface area contributed by atoms with Gasteiger partial charge in [0, 0.05) is 25.7 Å². The molecule has 0 spiro atoms. The number of hydrogen-bond donors (Lipinski definition) is 2. The minimum Gasteiger partial charge on any atom is -0.357 e. The molecular weight excluding hydrogens is 487 g/mol. The van der Waals surface area contributed by atoms with Crippen molar-refractivity contribution >= 4 is 40.0 Å². The van der Waals surface area contributed by atoms with Crippen LogP contribution in [0.4, 0.5) is 0 Å². The van der Waals surface area contributed by atoms with E-state index in [0.717, 1.165) is 50.2 Å². The smallest absolute Gasteiger partial charge is 0.243 e. The molecule has 2 N–H and O–H groups in total. The fourth-order valence-electron chi connectivity index (χ4n) is 3.44. The summed E-state index contributed by atoms with van der Waals surface area (Å²) in [5, 5.41) is 6.71. The molecule has 28 heavy (non-hydrogen) atoms. The fraction of sp³-hybridized carbons (Fsp3) is 0.550. The lowest BCUT2D eigenvalue weighted by molar-refractivity contribution is 0.346. The number of piperidine rings is 1. The number of hydrogen-bond acceptors (Lipinski definition) is 3. The zero-order valence-corrected chi connectivity index (χ0v) is 19.6. The normalized spacial score (nSPS) is 18.7. The third-order valence-corrected chi connectivity index (χ3v) is 6.90. The van der Waals surface area contributed by atoms with Crippen LogP contribution in [0, 0.1) is 0 Å². The van der Waals surface area contributed by atoms with Crippen molar-refractivity contribution in [3.05, 3.63) is 42.0 Å². The number of halogens is 1. The lowest BCUT2D eigenvalue weighted by Crippen LogP contribution is -2.42. The SMILES string of the molecule is CCNC(=NCc1ccc(S(=O)(=O)N2CCCCC2)cc1)NC1CC=CC1.I. The maximum absolute atomic E-state index is 12.7. The molecule has 1 aliphatic heterocycles. The molecule has 1 fully saturated rings. The molecule has 0 unspecified atom stereocenters. The van der Waals surface area contributed by atoms with E-state index in [4.69, 9.17) is 0 Å². The van der Waals surface area contributed by atoms with E-state index in [1.807, 2.05) is 19.1 Å². The second-order valence-electron chi connectivity index (χ2n) is 7.09. The highest BCUT2D eigenvalue weighted by Gasteiger charge is 2.25. The monoisotopic (exact) mass is 518 g/mol. The van der Waals surface area contributed by atoms with Gasteiger partial charge in [-0.15, -0.1) is 24.0 Å². The summed E-state index contributed by atoms with van der Waals surface area (Å²) >= 11 is 0. The van der Waals surface area contributed by atoms with E-state index in [2.05, 4.69) is 27.8 Å². The molecule has 0 radical (unpaired) electrons. The Kier molecular flexibility index (Phi) is 9.23. The Morgan fingerprint density at radius 1 is 1.11 bits per heavy atom. The van der Waals surface area contributed by atoms with Crippen molar-refractivity contribution in [3.8, 4) is 0 Å². The van der Waals surface area contributed by atoms with E-state index in [9.17, 15) is 8.42 Å². The van der Waals surface area contributed by atoms with Crippen LogP contribution in [0.15, 0.2) is 46.3 Å². The third kappa shape index (κ3) is 6.18. The number of aliphatic imine (C=N–C) groups is 1. The van der Waals surface area contributed by atoms with Crippen molar-refractivity contribution < 1.29 is 8.42 Å². The quantitative estimate of drug-likeness (QED) is 0.263. The van der Waals surface area contributed by atoms with E-state index in [-0.39, 0.29) is 24.0 Å². The average Bonchev–Trinajstić information content (AvgIpc) is 3.20. The van der Waals surface area contributed by atoms with Gasteiger partial charge in [0.2, 0.25) is 10.0 Å². The molecule has 3 rings (SSSR count). The van der Waals surface area contributed by atoms with Crippen molar-refractivity contribution in [3.63, 3.8) is 0 Å². The molecular formula is C20H31IN4O2S. The van der Waals surface area contributed by atoms with Crippen molar-refractivity contribution in [1.82, 2.24) is 14.9 Å². The van der Waals surface area contributed by atoms with Gasteiger partial charge in [0.25, 0.3) is 0 Å². The Morgan fingerprint density at radius 2 is 1.75 bits per heavy atom. The zero-order chi connectivity index (χ0) is 19.1. The largest absolute Gasteiger partial charge is 0.357 e. The van der Waals surface area contributed by atoms with Gasteiger partial charge >= 0.3 is 0 Å². The molecule has 1 saturated heterocycles. The summed E-state index contributed by atoms with van der Waals surface area (Å²) in [6.45, 7) is 4.62. The summed E-state index contributed by atoms with van der Waals surface area (Å²) in [6, 6.07) is 7.54. The second kappa shape index (κ2) is 11.2. The molecule has 2 aliphatic rings. The van der Waals surface area contributed by atoms with Crippen molar-refractivity contribution in [2.45, 2.75) is 56.5 Å². The minimum atomic E-state index is -3.37. The Hall–Kier alpha value is -1.13. The minimum absolute atomic E-state index is 0. The molecule has 1 heterocycles. The number of nitrogens with zero attached hydrogens (tertiary/aromatic N) is 2. The Labute approximate surface area is 185 Å². The molecule has 1 aliphatic carbocycles. The highest BCUT2D eigenvalue weighted by atomic mass is 127. The van der Waals surface area contributed by atoms with Crippen molar-refractivity contribution in [2.75, 3.05) is 19.6 Å². The van der Waals surface area contributed by atoms with Gasteiger partial charge in [0.1, 0.15) is 0 Å². The summed E-state index contributed by atoms with van der Waals surface area (Å²) < 4.78 is 27.0. The molecule has 1 aromatic carbocycles. The van der Waals surface area contributed by atoms with Gasteiger partial charge in [-0.3, -0.25) is 0 Å². The number of nitrogens with one attached hydrogen (secondary N) is 2. The Bertz CT molecular complexity index is 764. The molecule has 6 nitrogen and oxygen atoms in total. The predicted molar refractivity (Wildman–Crippen MR) is 125 cm³/mol. The first kappa shape index (κ1) is 23.2. The van der Waals surface area contributed by atoms with Crippen molar-refractivity contribution in [1.29, 1.82) is 0 Å². The Balaban J connectivity index is 0.00000280. The van der Waals surface area contributed by atoms with Crippen molar-refractivity contribution in [2.24, 2.45) is 4.99 Å². The van der Waals surface area contributed by atoms with Crippen LogP contribution >= 0.6 is 24.0 Å². The summed E-state index contributed by atoms with van der Waals surface area (Å²) in [5.74, 6) is 0.802. The van der Waals surface area contributed by atoms with Gasteiger partial charge in [-0.05, 0) is 50.3 Å². The van der Waals surface area contributed by atoms with Crippen LogP contribution in [0.2, 0.25) is 0 Å². The van der Waals surface area contributed by atoms with Crippen LogP contribution in [0.25, 0.3) is 0 Å². The summed E-state index contributed by atoms with van der Waals surface area (Å²) in [6.07, 6.45) is 9.42. The maximum atomic E-state index is 12.7. The van der Waals surface area contributed by atoms with Gasteiger partial charge in [-0.2, -0.15) is 4.31 Å². The average molecular weight is 518 g/mol. The Morgan fingerprint density at radius 3 is 2.36 bits per heavy atom. The lowest BCUT2D eigenvalue weighted by atomic mass is 10.2.